The topological polar surface area (TPSA) is 65.0 Å². The second kappa shape index (κ2) is 10.1. The number of aliphatic imine (C=N–C) groups is 1. The lowest BCUT2D eigenvalue weighted by molar-refractivity contribution is -0.140. The van der Waals surface area contributed by atoms with Gasteiger partial charge in [0, 0.05) is 27.9 Å². The zero-order chi connectivity index (χ0) is 21.7. The molecule has 29 heavy (non-hydrogen) atoms. The Bertz CT molecular complexity index is 955. The Morgan fingerprint density at radius 2 is 1.52 bits per heavy atom. The van der Waals surface area contributed by atoms with Crippen molar-refractivity contribution in [1.29, 1.82) is 0 Å². The van der Waals surface area contributed by atoms with Crippen LogP contribution in [0.15, 0.2) is 35.3 Å². The summed E-state index contributed by atoms with van der Waals surface area (Å²) >= 11 is 18.2. The summed E-state index contributed by atoms with van der Waals surface area (Å²) in [5, 5.41) is 1.11. The van der Waals surface area contributed by atoms with Gasteiger partial charge >= 0.3 is 11.9 Å². The minimum absolute atomic E-state index is 0.0360. The first-order valence-electron chi connectivity index (χ1n) is 8.84. The van der Waals surface area contributed by atoms with Gasteiger partial charge in [0.05, 0.1) is 22.5 Å². The molecule has 0 saturated carbocycles. The number of halogens is 3. The van der Waals surface area contributed by atoms with Gasteiger partial charge in [-0.3, -0.25) is 14.6 Å². The van der Waals surface area contributed by atoms with Gasteiger partial charge in [-0.2, -0.15) is 0 Å². The standard InChI is InChI=1S/C21H20Cl3NO4/c1-11(2)20(26)28-18-9-15(23)7-13(19(18)29-21(27)12(3)4)10-25-17-6-5-14(22)8-16(17)24/h5-12H,1-4H3. The van der Waals surface area contributed by atoms with Crippen LogP contribution in [0.2, 0.25) is 15.1 Å². The second-order valence-corrected chi connectivity index (χ2v) is 8.11. The fourth-order valence-electron chi connectivity index (χ4n) is 2.04. The predicted molar refractivity (Wildman–Crippen MR) is 116 cm³/mol. The molecule has 8 heteroatoms. The van der Waals surface area contributed by atoms with E-state index in [1.807, 2.05) is 0 Å². The monoisotopic (exact) mass is 455 g/mol. The normalized spacial score (nSPS) is 11.3. The lowest BCUT2D eigenvalue weighted by atomic mass is 10.1. The Morgan fingerprint density at radius 1 is 0.897 bits per heavy atom. The summed E-state index contributed by atoms with van der Waals surface area (Å²) in [6.45, 7) is 6.77. The van der Waals surface area contributed by atoms with E-state index in [2.05, 4.69) is 4.99 Å². The van der Waals surface area contributed by atoms with E-state index < -0.39 is 17.9 Å². The van der Waals surface area contributed by atoms with E-state index in [-0.39, 0.29) is 22.4 Å². The van der Waals surface area contributed by atoms with E-state index >= 15 is 0 Å². The van der Waals surface area contributed by atoms with Gasteiger partial charge in [0.25, 0.3) is 0 Å². The van der Waals surface area contributed by atoms with Crippen molar-refractivity contribution in [2.45, 2.75) is 27.7 Å². The Kier molecular flexibility index (Phi) is 8.08. The van der Waals surface area contributed by atoms with E-state index in [0.717, 1.165) is 0 Å². The SMILES string of the molecule is CC(C)C(=O)Oc1cc(Cl)cc(C=Nc2ccc(Cl)cc2Cl)c1OC(=O)C(C)C. The Morgan fingerprint density at radius 3 is 2.10 bits per heavy atom. The summed E-state index contributed by atoms with van der Waals surface area (Å²) in [6, 6.07) is 7.81. The van der Waals surface area contributed by atoms with Crippen LogP contribution in [0.3, 0.4) is 0 Å². The maximum Gasteiger partial charge on any atom is 0.313 e. The Labute approximate surface area is 184 Å². The molecule has 2 rings (SSSR count). The number of hydrogen-bond donors (Lipinski definition) is 0. The molecule has 0 saturated heterocycles. The van der Waals surface area contributed by atoms with Crippen molar-refractivity contribution in [2.24, 2.45) is 16.8 Å². The minimum atomic E-state index is -0.492. The Balaban J connectivity index is 2.53. The van der Waals surface area contributed by atoms with Gasteiger partial charge in [-0.05, 0) is 24.3 Å². The molecule has 0 aliphatic carbocycles. The van der Waals surface area contributed by atoms with Crippen LogP contribution < -0.4 is 9.47 Å². The summed E-state index contributed by atoms with van der Waals surface area (Å²) in [7, 11) is 0. The number of rotatable bonds is 6. The third-order valence-electron chi connectivity index (χ3n) is 3.66. The van der Waals surface area contributed by atoms with Gasteiger partial charge in [-0.25, -0.2) is 0 Å². The summed E-state index contributed by atoms with van der Waals surface area (Å²) in [4.78, 5) is 28.6. The molecule has 0 aromatic heterocycles. The maximum absolute atomic E-state index is 12.2. The second-order valence-electron chi connectivity index (χ2n) is 6.83. The van der Waals surface area contributed by atoms with Crippen molar-refractivity contribution in [2.75, 3.05) is 0 Å². The first-order valence-corrected chi connectivity index (χ1v) is 9.98. The summed E-state index contributed by atoms with van der Waals surface area (Å²) in [6.07, 6.45) is 1.43. The predicted octanol–water partition coefficient (Wildman–Crippen LogP) is 6.52. The van der Waals surface area contributed by atoms with Gasteiger partial charge in [-0.15, -0.1) is 0 Å². The highest BCUT2D eigenvalue weighted by molar-refractivity contribution is 6.36. The maximum atomic E-state index is 12.2. The van der Waals surface area contributed by atoms with E-state index in [1.54, 1.807) is 52.0 Å². The zero-order valence-corrected chi connectivity index (χ0v) is 18.6. The van der Waals surface area contributed by atoms with Crippen molar-refractivity contribution in [3.8, 4) is 11.5 Å². The van der Waals surface area contributed by atoms with Gasteiger partial charge in [0.2, 0.25) is 0 Å². The largest absolute Gasteiger partial charge is 0.422 e. The molecule has 2 aromatic carbocycles. The first kappa shape index (κ1) is 23.2. The van der Waals surface area contributed by atoms with E-state index in [9.17, 15) is 9.59 Å². The minimum Gasteiger partial charge on any atom is -0.422 e. The van der Waals surface area contributed by atoms with Gasteiger partial charge < -0.3 is 9.47 Å². The number of ether oxygens (including phenoxy) is 2. The molecule has 0 bridgehead atoms. The van der Waals surface area contributed by atoms with Gasteiger partial charge in [0.15, 0.2) is 11.5 Å². The average molecular weight is 457 g/mol. The lowest BCUT2D eigenvalue weighted by Gasteiger charge is -2.15. The van der Waals surface area contributed by atoms with Crippen molar-refractivity contribution < 1.29 is 19.1 Å². The number of nitrogens with zero attached hydrogens (tertiary/aromatic N) is 1. The van der Waals surface area contributed by atoms with Crippen molar-refractivity contribution in [3.05, 3.63) is 51.0 Å². The van der Waals surface area contributed by atoms with Crippen LogP contribution in [-0.4, -0.2) is 18.2 Å². The molecule has 0 aliphatic heterocycles. The van der Waals surface area contributed by atoms with E-state index in [4.69, 9.17) is 44.3 Å². The van der Waals surface area contributed by atoms with Crippen LogP contribution in [0.25, 0.3) is 0 Å². The number of benzene rings is 2. The lowest BCUT2D eigenvalue weighted by Crippen LogP contribution is -2.19. The van der Waals surface area contributed by atoms with Crippen LogP contribution >= 0.6 is 34.8 Å². The first-order chi connectivity index (χ1) is 13.6. The molecule has 0 unspecified atom stereocenters. The van der Waals surface area contributed by atoms with Crippen molar-refractivity contribution in [3.63, 3.8) is 0 Å². The highest BCUT2D eigenvalue weighted by Gasteiger charge is 2.21. The van der Waals surface area contributed by atoms with Crippen molar-refractivity contribution in [1.82, 2.24) is 0 Å². The van der Waals surface area contributed by atoms with Crippen LogP contribution in [0.4, 0.5) is 5.69 Å². The van der Waals surface area contributed by atoms with Crippen LogP contribution in [-0.2, 0) is 9.59 Å². The summed E-state index contributed by atoms with van der Waals surface area (Å²) in [5.74, 6) is -1.67. The third kappa shape index (κ3) is 6.46. The highest BCUT2D eigenvalue weighted by atomic mass is 35.5. The van der Waals surface area contributed by atoms with Crippen LogP contribution in [0.1, 0.15) is 33.3 Å². The average Bonchev–Trinajstić information content (AvgIpc) is 2.62. The molecule has 0 fully saturated rings. The summed E-state index contributed by atoms with van der Waals surface area (Å²) in [5.41, 5.74) is 0.807. The smallest absolute Gasteiger partial charge is 0.313 e. The molecule has 2 aromatic rings. The number of carbonyl (C=O) groups excluding carboxylic acids is 2. The van der Waals surface area contributed by atoms with Gasteiger partial charge in [0.1, 0.15) is 0 Å². The summed E-state index contributed by atoms with van der Waals surface area (Å²) < 4.78 is 10.9. The molecule has 0 atom stereocenters. The molecule has 0 radical (unpaired) electrons. The number of carbonyl (C=O) groups is 2. The molecule has 0 amide bonds. The third-order valence-corrected chi connectivity index (χ3v) is 4.41. The van der Waals surface area contributed by atoms with Crippen LogP contribution in [0.5, 0.6) is 11.5 Å². The van der Waals surface area contributed by atoms with E-state index in [0.29, 0.717) is 21.3 Å². The molecule has 5 nitrogen and oxygen atoms in total. The molecule has 0 aliphatic rings. The Hall–Kier alpha value is -2.08. The highest BCUT2D eigenvalue weighted by Crippen LogP contribution is 2.36. The molecule has 0 heterocycles. The molecule has 0 spiro atoms. The number of esters is 2. The number of hydrogen-bond acceptors (Lipinski definition) is 5. The fourth-order valence-corrected chi connectivity index (χ4v) is 2.71. The molecular formula is C21H20Cl3NO4. The quantitative estimate of drug-likeness (QED) is 0.282. The molecule has 154 valence electrons. The molecular weight excluding hydrogens is 437 g/mol. The van der Waals surface area contributed by atoms with Crippen LogP contribution in [0, 0.1) is 11.8 Å². The fraction of sp³-hybridized carbons (Fsp3) is 0.286. The molecule has 0 N–H and O–H groups in total. The van der Waals surface area contributed by atoms with Gasteiger partial charge in [-0.1, -0.05) is 62.5 Å². The van der Waals surface area contributed by atoms with E-state index in [1.165, 1.54) is 12.3 Å². The zero-order valence-electron chi connectivity index (χ0n) is 16.3. The van der Waals surface area contributed by atoms with Crippen molar-refractivity contribution >= 4 is 58.6 Å².